The summed E-state index contributed by atoms with van der Waals surface area (Å²) in [6, 6.07) is 4.16. The van der Waals surface area contributed by atoms with Crippen molar-refractivity contribution in [1.29, 1.82) is 0 Å². The Bertz CT molecular complexity index is 525. The lowest BCUT2D eigenvalue weighted by atomic mass is 9.66. The van der Waals surface area contributed by atoms with E-state index in [1.807, 2.05) is 6.07 Å². The molecule has 1 aliphatic carbocycles. The fourth-order valence-corrected chi connectivity index (χ4v) is 4.26. The van der Waals surface area contributed by atoms with Crippen LogP contribution in [0.5, 0.6) is 5.75 Å². The molecule has 0 bridgehead atoms. The number of benzene rings is 1. The van der Waals surface area contributed by atoms with E-state index in [0.29, 0.717) is 16.4 Å². The van der Waals surface area contributed by atoms with Gasteiger partial charge in [0.1, 0.15) is 5.75 Å². The van der Waals surface area contributed by atoms with Crippen LogP contribution in [0.4, 0.5) is 0 Å². The van der Waals surface area contributed by atoms with E-state index in [-0.39, 0.29) is 11.2 Å². The first-order chi connectivity index (χ1) is 9.49. The van der Waals surface area contributed by atoms with Crippen LogP contribution in [0.3, 0.4) is 0 Å². The smallest absolute Gasteiger partial charge is 0.137 e. The fraction of sp³-hybridized carbons (Fsp3) is 0.684. The summed E-state index contributed by atoms with van der Waals surface area (Å²) in [5.74, 6) is 1.53. The summed E-state index contributed by atoms with van der Waals surface area (Å²) >= 11 is 6.30. The van der Waals surface area contributed by atoms with Crippen molar-refractivity contribution >= 4 is 11.6 Å². The van der Waals surface area contributed by atoms with Crippen LogP contribution in [0.15, 0.2) is 12.1 Å². The lowest BCUT2D eigenvalue weighted by molar-refractivity contribution is 0.168. The van der Waals surface area contributed by atoms with Gasteiger partial charge in [-0.25, -0.2) is 0 Å². The Morgan fingerprint density at radius 3 is 2.33 bits per heavy atom. The molecule has 2 heteroatoms. The summed E-state index contributed by atoms with van der Waals surface area (Å²) in [4.78, 5) is 0. The van der Waals surface area contributed by atoms with Gasteiger partial charge in [0.05, 0.1) is 5.02 Å². The Morgan fingerprint density at radius 2 is 1.81 bits per heavy atom. The van der Waals surface area contributed by atoms with E-state index >= 15 is 0 Å². The topological polar surface area (TPSA) is 20.2 Å². The van der Waals surface area contributed by atoms with Gasteiger partial charge in [-0.2, -0.15) is 0 Å². The Labute approximate surface area is 134 Å². The van der Waals surface area contributed by atoms with Crippen LogP contribution in [0.1, 0.15) is 77.8 Å². The van der Waals surface area contributed by atoms with Gasteiger partial charge in [-0.15, -0.1) is 0 Å². The SMILES string of the molecule is CC1CC(c2cc(Cl)c(O)c(C(C)(C)C)c2)CC(C)(C)C1. The Kier molecular flexibility index (Phi) is 4.37. The average Bonchev–Trinajstić information content (AvgIpc) is 2.28. The van der Waals surface area contributed by atoms with Crippen molar-refractivity contribution in [3.63, 3.8) is 0 Å². The Balaban J connectivity index is 2.43. The molecule has 21 heavy (non-hydrogen) atoms. The molecule has 0 aliphatic heterocycles. The third-order valence-electron chi connectivity index (χ3n) is 4.75. The normalized spacial score (nSPS) is 25.9. The number of hydrogen-bond acceptors (Lipinski definition) is 1. The van der Waals surface area contributed by atoms with Crippen LogP contribution in [0, 0.1) is 11.3 Å². The van der Waals surface area contributed by atoms with Gasteiger partial charge in [-0.05, 0) is 53.6 Å². The molecule has 0 radical (unpaired) electrons. The van der Waals surface area contributed by atoms with Crippen molar-refractivity contribution in [3.05, 3.63) is 28.3 Å². The summed E-state index contributed by atoms with van der Waals surface area (Å²) < 4.78 is 0. The number of phenolic OH excluding ortho intramolecular Hbond substituents is 1. The van der Waals surface area contributed by atoms with E-state index in [1.54, 1.807) is 0 Å². The molecule has 1 aliphatic rings. The van der Waals surface area contributed by atoms with Crippen molar-refractivity contribution in [2.75, 3.05) is 0 Å². The van der Waals surface area contributed by atoms with E-state index in [1.165, 1.54) is 24.8 Å². The molecule has 2 unspecified atom stereocenters. The zero-order valence-electron chi connectivity index (χ0n) is 14.3. The molecule has 1 nitrogen and oxygen atoms in total. The highest BCUT2D eigenvalue weighted by Crippen LogP contribution is 2.48. The monoisotopic (exact) mass is 308 g/mol. The number of rotatable bonds is 1. The molecule has 1 fully saturated rings. The van der Waals surface area contributed by atoms with Gasteiger partial charge in [-0.3, -0.25) is 0 Å². The molecule has 0 saturated heterocycles. The van der Waals surface area contributed by atoms with Gasteiger partial charge >= 0.3 is 0 Å². The minimum Gasteiger partial charge on any atom is -0.506 e. The number of phenols is 1. The number of hydrogen-bond donors (Lipinski definition) is 1. The molecular formula is C19H29ClO. The van der Waals surface area contributed by atoms with Crippen LogP contribution in [-0.2, 0) is 5.41 Å². The van der Waals surface area contributed by atoms with Crippen molar-refractivity contribution < 1.29 is 5.11 Å². The Hall–Kier alpha value is -0.690. The summed E-state index contributed by atoms with van der Waals surface area (Å²) in [6.07, 6.45) is 3.71. The molecular weight excluding hydrogens is 280 g/mol. The summed E-state index contributed by atoms with van der Waals surface area (Å²) in [6.45, 7) is 13.4. The summed E-state index contributed by atoms with van der Waals surface area (Å²) in [5.41, 5.74) is 2.54. The minimum absolute atomic E-state index is 0.0977. The molecule has 0 amide bonds. The first-order valence-corrected chi connectivity index (χ1v) is 8.40. The molecule has 0 heterocycles. The van der Waals surface area contributed by atoms with Gasteiger partial charge in [0, 0.05) is 5.56 Å². The van der Waals surface area contributed by atoms with Crippen LogP contribution < -0.4 is 0 Å². The van der Waals surface area contributed by atoms with Gasteiger partial charge in [0.25, 0.3) is 0 Å². The number of halogens is 1. The highest BCUT2D eigenvalue weighted by atomic mass is 35.5. The quantitative estimate of drug-likeness (QED) is 0.648. The molecule has 0 spiro atoms. The van der Waals surface area contributed by atoms with Crippen molar-refractivity contribution in [1.82, 2.24) is 0 Å². The second-order valence-electron chi connectivity index (χ2n) is 8.76. The third-order valence-corrected chi connectivity index (χ3v) is 5.04. The van der Waals surface area contributed by atoms with Gasteiger partial charge in [0.2, 0.25) is 0 Å². The van der Waals surface area contributed by atoms with E-state index in [0.717, 1.165) is 11.5 Å². The number of aromatic hydroxyl groups is 1. The van der Waals surface area contributed by atoms with Crippen molar-refractivity contribution in [3.8, 4) is 5.75 Å². The molecule has 1 aromatic carbocycles. The van der Waals surface area contributed by atoms with Crippen molar-refractivity contribution in [2.45, 2.75) is 72.1 Å². The maximum atomic E-state index is 10.3. The molecule has 2 atom stereocenters. The fourth-order valence-electron chi connectivity index (χ4n) is 4.03. The lowest BCUT2D eigenvalue weighted by Crippen LogP contribution is -2.26. The summed E-state index contributed by atoms with van der Waals surface area (Å²) in [7, 11) is 0. The molecule has 118 valence electrons. The van der Waals surface area contributed by atoms with Crippen LogP contribution >= 0.6 is 11.6 Å². The predicted molar refractivity (Wildman–Crippen MR) is 91.4 cm³/mol. The van der Waals surface area contributed by atoms with Crippen LogP contribution in [0.2, 0.25) is 5.02 Å². The highest BCUT2D eigenvalue weighted by Gasteiger charge is 2.33. The third kappa shape index (κ3) is 3.74. The molecule has 2 rings (SSSR count). The molecule has 1 aromatic rings. The van der Waals surface area contributed by atoms with Gasteiger partial charge in [0.15, 0.2) is 0 Å². The van der Waals surface area contributed by atoms with Crippen LogP contribution in [0.25, 0.3) is 0 Å². The predicted octanol–water partition coefficient (Wildman–Crippen LogP) is 6.27. The Morgan fingerprint density at radius 1 is 1.19 bits per heavy atom. The van der Waals surface area contributed by atoms with Gasteiger partial charge in [-0.1, -0.05) is 59.2 Å². The maximum Gasteiger partial charge on any atom is 0.137 e. The lowest BCUT2D eigenvalue weighted by Gasteiger charge is -2.39. The molecule has 1 N–H and O–H groups in total. The van der Waals surface area contributed by atoms with E-state index < -0.39 is 0 Å². The largest absolute Gasteiger partial charge is 0.506 e. The second-order valence-corrected chi connectivity index (χ2v) is 9.17. The summed E-state index contributed by atoms with van der Waals surface area (Å²) in [5, 5.41) is 10.8. The van der Waals surface area contributed by atoms with E-state index in [2.05, 4.69) is 47.6 Å². The first kappa shape index (κ1) is 16.7. The van der Waals surface area contributed by atoms with E-state index in [9.17, 15) is 5.11 Å². The zero-order valence-corrected chi connectivity index (χ0v) is 15.0. The molecule has 0 aromatic heterocycles. The highest BCUT2D eigenvalue weighted by molar-refractivity contribution is 6.32. The minimum atomic E-state index is -0.0977. The van der Waals surface area contributed by atoms with E-state index in [4.69, 9.17) is 11.6 Å². The molecule has 1 saturated carbocycles. The second kappa shape index (κ2) is 5.50. The maximum absolute atomic E-state index is 10.3. The standard InChI is InChI=1S/C19H29ClO/c1-12-7-14(11-19(5,6)10-12)13-8-15(18(2,3)4)17(21)16(20)9-13/h8-9,12,14,21H,7,10-11H2,1-6H3. The van der Waals surface area contributed by atoms with Crippen LogP contribution in [-0.4, -0.2) is 5.11 Å². The first-order valence-electron chi connectivity index (χ1n) is 8.02. The average molecular weight is 309 g/mol. The zero-order chi connectivity index (χ0) is 16.0. The van der Waals surface area contributed by atoms with Gasteiger partial charge < -0.3 is 5.11 Å². The van der Waals surface area contributed by atoms with Crippen molar-refractivity contribution in [2.24, 2.45) is 11.3 Å².